The van der Waals surface area contributed by atoms with Gasteiger partial charge in [0.15, 0.2) is 0 Å². The van der Waals surface area contributed by atoms with Crippen molar-refractivity contribution >= 4 is 12.0 Å². The lowest BCUT2D eigenvalue weighted by molar-refractivity contribution is -0.175. The SMILES string of the molecule is CC(=O)O[C@@]1(C)CC[C@H]2[C@@H]3C=CC4=Cc5[nH]ncc5C[C@]4(C)[C@H]3CC[C@@]21C. The third-order valence-corrected chi connectivity index (χ3v) is 8.82. The number of carbonyl (C=O) groups excluding carboxylic acids is 1. The van der Waals surface area contributed by atoms with E-state index in [1.807, 2.05) is 6.20 Å². The van der Waals surface area contributed by atoms with Crippen molar-refractivity contribution in [3.63, 3.8) is 0 Å². The fourth-order valence-electron chi connectivity index (χ4n) is 7.12. The van der Waals surface area contributed by atoms with E-state index in [0.717, 1.165) is 25.7 Å². The third kappa shape index (κ3) is 2.16. The molecule has 0 spiro atoms. The van der Waals surface area contributed by atoms with Gasteiger partial charge in [0.2, 0.25) is 0 Å². The van der Waals surface area contributed by atoms with Crippen molar-refractivity contribution in [1.82, 2.24) is 10.2 Å². The van der Waals surface area contributed by atoms with E-state index in [9.17, 15) is 4.79 Å². The number of hydrogen-bond acceptors (Lipinski definition) is 3. The van der Waals surface area contributed by atoms with Gasteiger partial charge in [-0.15, -0.1) is 0 Å². The molecule has 4 nitrogen and oxygen atoms in total. The molecule has 1 heterocycles. The fraction of sp³-hybridized carbons (Fsp3) is 0.652. The van der Waals surface area contributed by atoms with Gasteiger partial charge in [0, 0.05) is 17.8 Å². The number of allylic oxidation sites excluding steroid dienone is 3. The van der Waals surface area contributed by atoms with Crippen LogP contribution in [0.2, 0.25) is 0 Å². The first kappa shape index (κ1) is 17.3. The molecule has 0 aromatic carbocycles. The number of carbonyl (C=O) groups is 1. The molecule has 4 aliphatic carbocycles. The summed E-state index contributed by atoms with van der Waals surface area (Å²) in [6.45, 7) is 8.56. The highest BCUT2D eigenvalue weighted by atomic mass is 16.6. The van der Waals surface area contributed by atoms with E-state index in [2.05, 4.69) is 49.2 Å². The van der Waals surface area contributed by atoms with Crippen molar-refractivity contribution in [3.05, 3.63) is 35.2 Å². The predicted octanol–water partition coefficient (Wildman–Crippen LogP) is 4.69. The van der Waals surface area contributed by atoms with Gasteiger partial charge in [0.1, 0.15) is 5.60 Å². The minimum Gasteiger partial charge on any atom is -0.459 e. The lowest BCUT2D eigenvalue weighted by Gasteiger charge is -2.57. The highest BCUT2D eigenvalue weighted by Gasteiger charge is 2.63. The molecule has 4 aliphatic rings. The van der Waals surface area contributed by atoms with Crippen LogP contribution in [0, 0.1) is 28.6 Å². The summed E-state index contributed by atoms with van der Waals surface area (Å²) in [5.74, 6) is 1.66. The molecule has 0 bridgehead atoms. The number of aromatic nitrogens is 2. The predicted molar refractivity (Wildman–Crippen MR) is 105 cm³/mol. The number of nitrogens with one attached hydrogen (secondary N) is 1. The largest absolute Gasteiger partial charge is 0.459 e. The maximum Gasteiger partial charge on any atom is 0.303 e. The standard InChI is InChI=1S/C23H30N2O2/c1-14(26)27-23(4)10-8-19-17-6-5-16-11-20-15(13-24-25-20)12-21(16,2)18(17)7-9-22(19,23)3/h5-6,11,13,17-19H,7-10,12H2,1-4H3,(H,24,25)/t17-,18+,19+,21+,22+,23+/m1/s1. The highest BCUT2D eigenvalue weighted by molar-refractivity contribution is 5.67. The molecule has 0 aliphatic heterocycles. The fourth-order valence-corrected chi connectivity index (χ4v) is 7.12. The maximum atomic E-state index is 11.8. The van der Waals surface area contributed by atoms with Crippen LogP contribution in [0.15, 0.2) is 23.9 Å². The van der Waals surface area contributed by atoms with Gasteiger partial charge in [0.25, 0.3) is 0 Å². The first-order chi connectivity index (χ1) is 12.8. The van der Waals surface area contributed by atoms with Crippen LogP contribution in [0.3, 0.4) is 0 Å². The number of hydrogen-bond donors (Lipinski definition) is 1. The Kier molecular flexibility index (Phi) is 3.43. The molecule has 2 saturated carbocycles. The van der Waals surface area contributed by atoms with E-state index in [-0.39, 0.29) is 22.4 Å². The van der Waals surface area contributed by atoms with E-state index in [1.54, 1.807) is 6.92 Å². The molecular formula is C23H30N2O2. The van der Waals surface area contributed by atoms with Gasteiger partial charge >= 0.3 is 5.97 Å². The first-order valence-electron chi connectivity index (χ1n) is 10.4. The number of H-pyrrole nitrogens is 1. The number of aromatic amines is 1. The Morgan fingerprint density at radius 2 is 2.00 bits per heavy atom. The molecule has 5 rings (SSSR count). The Morgan fingerprint density at radius 3 is 2.78 bits per heavy atom. The minimum atomic E-state index is -0.330. The summed E-state index contributed by atoms with van der Waals surface area (Å²) in [4.78, 5) is 11.8. The van der Waals surface area contributed by atoms with Crippen LogP contribution < -0.4 is 0 Å². The number of esters is 1. The first-order valence-corrected chi connectivity index (χ1v) is 10.4. The van der Waals surface area contributed by atoms with E-state index in [0.29, 0.717) is 17.8 Å². The van der Waals surface area contributed by atoms with Crippen LogP contribution in [-0.2, 0) is 16.0 Å². The Morgan fingerprint density at radius 1 is 1.22 bits per heavy atom. The van der Waals surface area contributed by atoms with E-state index in [1.165, 1.54) is 23.3 Å². The zero-order chi connectivity index (χ0) is 19.0. The quantitative estimate of drug-likeness (QED) is 0.734. The van der Waals surface area contributed by atoms with Crippen molar-refractivity contribution in [2.75, 3.05) is 0 Å². The summed E-state index contributed by atoms with van der Waals surface area (Å²) in [6, 6.07) is 0. The molecule has 6 atom stereocenters. The van der Waals surface area contributed by atoms with Gasteiger partial charge in [-0.25, -0.2) is 0 Å². The molecule has 27 heavy (non-hydrogen) atoms. The number of fused-ring (bicyclic) bond motifs is 6. The number of rotatable bonds is 1. The molecule has 1 aromatic rings. The van der Waals surface area contributed by atoms with Crippen molar-refractivity contribution in [2.45, 2.75) is 65.4 Å². The van der Waals surface area contributed by atoms with Crippen molar-refractivity contribution in [3.8, 4) is 0 Å². The van der Waals surface area contributed by atoms with Crippen LogP contribution in [0.1, 0.15) is 64.6 Å². The summed E-state index contributed by atoms with van der Waals surface area (Å²) in [5, 5.41) is 7.41. The summed E-state index contributed by atoms with van der Waals surface area (Å²) in [5.41, 5.74) is 3.89. The topological polar surface area (TPSA) is 55.0 Å². The van der Waals surface area contributed by atoms with Gasteiger partial charge < -0.3 is 4.74 Å². The molecular weight excluding hydrogens is 336 g/mol. The number of nitrogens with zero attached hydrogens (tertiary/aromatic N) is 1. The van der Waals surface area contributed by atoms with E-state index >= 15 is 0 Å². The molecule has 0 unspecified atom stereocenters. The van der Waals surface area contributed by atoms with E-state index in [4.69, 9.17) is 4.74 Å². The van der Waals surface area contributed by atoms with Crippen LogP contribution in [0.5, 0.6) is 0 Å². The smallest absolute Gasteiger partial charge is 0.303 e. The van der Waals surface area contributed by atoms with Crippen molar-refractivity contribution in [1.29, 1.82) is 0 Å². The zero-order valence-electron chi connectivity index (χ0n) is 16.8. The molecule has 0 radical (unpaired) electrons. The second-order valence-electron chi connectivity index (χ2n) is 9.97. The average Bonchev–Trinajstić information content (AvgIpc) is 3.13. The summed E-state index contributed by atoms with van der Waals surface area (Å²) < 4.78 is 5.93. The Balaban J connectivity index is 1.52. The Hall–Kier alpha value is -1.84. The third-order valence-electron chi connectivity index (χ3n) is 8.82. The molecule has 1 N–H and O–H groups in total. The van der Waals surface area contributed by atoms with Gasteiger partial charge in [-0.3, -0.25) is 9.89 Å². The molecule has 4 heteroatoms. The lowest BCUT2D eigenvalue weighted by atomic mass is 9.48. The van der Waals surface area contributed by atoms with Crippen LogP contribution in [0.25, 0.3) is 6.08 Å². The molecule has 0 saturated heterocycles. The zero-order valence-corrected chi connectivity index (χ0v) is 16.8. The summed E-state index contributed by atoms with van der Waals surface area (Å²) >= 11 is 0. The number of ether oxygens (including phenoxy) is 1. The van der Waals surface area contributed by atoms with Crippen molar-refractivity contribution < 1.29 is 9.53 Å². The van der Waals surface area contributed by atoms with Gasteiger partial charge in [0.05, 0.1) is 11.9 Å². The van der Waals surface area contributed by atoms with Crippen LogP contribution in [-0.4, -0.2) is 21.8 Å². The monoisotopic (exact) mass is 366 g/mol. The summed E-state index contributed by atoms with van der Waals surface area (Å²) in [6.07, 6.45) is 14.7. The van der Waals surface area contributed by atoms with Gasteiger partial charge in [-0.1, -0.05) is 26.0 Å². The van der Waals surface area contributed by atoms with Gasteiger partial charge in [-0.2, -0.15) is 5.10 Å². The molecule has 0 amide bonds. The molecule has 144 valence electrons. The summed E-state index contributed by atoms with van der Waals surface area (Å²) in [7, 11) is 0. The lowest BCUT2D eigenvalue weighted by Crippen LogP contribution is -2.54. The molecule has 1 aromatic heterocycles. The van der Waals surface area contributed by atoms with Gasteiger partial charge in [-0.05, 0) is 74.0 Å². The highest BCUT2D eigenvalue weighted by Crippen LogP contribution is 2.66. The van der Waals surface area contributed by atoms with E-state index < -0.39 is 0 Å². The minimum absolute atomic E-state index is 0.0667. The normalized spacial score (nSPS) is 44.6. The maximum absolute atomic E-state index is 11.8. The van der Waals surface area contributed by atoms with Crippen LogP contribution in [0.4, 0.5) is 0 Å². The second-order valence-corrected chi connectivity index (χ2v) is 9.97. The second kappa shape index (κ2) is 5.36. The van der Waals surface area contributed by atoms with Crippen molar-refractivity contribution in [2.24, 2.45) is 28.6 Å². The van der Waals surface area contributed by atoms with Crippen LogP contribution >= 0.6 is 0 Å². The average molecular weight is 367 g/mol. The Bertz CT molecular complexity index is 867. The molecule has 2 fully saturated rings. The Labute approximate surface area is 161 Å².